The third kappa shape index (κ3) is 3.21. The van der Waals surface area contributed by atoms with Gasteiger partial charge in [-0.25, -0.2) is 0 Å². The second-order valence-electron chi connectivity index (χ2n) is 4.36. The Morgan fingerprint density at radius 3 is 2.27 bits per heavy atom. The van der Waals surface area contributed by atoms with E-state index in [0.29, 0.717) is 5.92 Å². The summed E-state index contributed by atoms with van der Waals surface area (Å²) in [6.07, 6.45) is 0. The van der Waals surface area contributed by atoms with Crippen LogP contribution in [0.25, 0.3) is 0 Å². The van der Waals surface area contributed by atoms with Gasteiger partial charge in [0.1, 0.15) is 0 Å². The molecule has 0 bridgehead atoms. The Labute approximate surface area is 99.8 Å². The van der Waals surface area contributed by atoms with Gasteiger partial charge in [0.2, 0.25) is 0 Å². The molecule has 1 unspecified atom stereocenters. The summed E-state index contributed by atoms with van der Waals surface area (Å²) < 4.78 is 1.06. The van der Waals surface area contributed by atoms with Gasteiger partial charge in [0.25, 0.3) is 0 Å². The molecular weight excluding hydrogens is 254 g/mol. The summed E-state index contributed by atoms with van der Waals surface area (Å²) in [5.41, 5.74) is 0.761. The minimum absolute atomic E-state index is 0.126. The predicted octanol–water partition coefficient (Wildman–Crippen LogP) is 3.27. The maximum atomic E-state index is 9.40. The van der Waals surface area contributed by atoms with Crippen LogP contribution in [0.4, 0.5) is 5.69 Å². The predicted molar refractivity (Wildman–Crippen MR) is 68.1 cm³/mol. The van der Waals surface area contributed by atoms with E-state index in [1.54, 1.807) is 0 Å². The molecule has 0 saturated carbocycles. The van der Waals surface area contributed by atoms with Crippen molar-refractivity contribution in [1.29, 1.82) is 0 Å². The second-order valence-corrected chi connectivity index (χ2v) is 5.28. The molecule has 1 aromatic carbocycles. The fourth-order valence-corrected chi connectivity index (χ4v) is 1.49. The zero-order chi connectivity index (χ0) is 11.5. The lowest BCUT2D eigenvalue weighted by atomic mass is 9.89. The smallest absolute Gasteiger partial charge is 0.0661 e. The van der Waals surface area contributed by atoms with Crippen LogP contribution in [-0.4, -0.2) is 17.3 Å². The second kappa shape index (κ2) is 4.99. The number of benzene rings is 1. The molecule has 1 rings (SSSR count). The summed E-state index contributed by atoms with van der Waals surface area (Å²) in [6.45, 7) is 6.35. The van der Waals surface area contributed by atoms with Crippen LogP contribution in [-0.2, 0) is 0 Å². The Hall–Kier alpha value is -0.540. The van der Waals surface area contributed by atoms with Crippen molar-refractivity contribution in [2.24, 2.45) is 5.92 Å². The minimum atomic E-state index is -0.270. The van der Waals surface area contributed by atoms with Gasteiger partial charge < -0.3 is 10.4 Å². The van der Waals surface area contributed by atoms with Gasteiger partial charge in [-0.1, -0.05) is 29.8 Å². The fraction of sp³-hybridized carbons (Fsp3) is 0.500. The Morgan fingerprint density at radius 1 is 1.33 bits per heavy atom. The van der Waals surface area contributed by atoms with E-state index in [0.717, 1.165) is 10.2 Å². The van der Waals surface area contributed by atoms with Gasteiger partial charge in [0.05, 0.1) is 12.1 Å². The highest BCUT2D eigenvalue weighted by Crippen LogP contribution is 2.23. The number of rotatable bonds is 4. The molecule has 2 N–H and O–H groups in total. The standard InChI is InChI=1S/C12H18BrNO/c1-9(2)12(3,8-15)14-11-6-4-10(13)5-7-11/h4-7,9,14-15H,8H2,1-3H3. The highest BCUT2D eigenvalue weighted by Gasteiger charge is 2.26. The number of halogens is 1. The van der Waals surface area contributed by atoms with Crippen molar-refractivity contribution in [2.45, 2.75) is 26.3 Å². The monoisotopic (exact) mass is 271 g/mol. The van der Waals surface area contributed by atoms with Crippen LogP contribution in [0.5, 0.6) is 0 Å². The molecule has 0 aliphatic rings. The van der Waals surface area contributed by atoms with Crippen molar-refractivity contribution in [2.75, 3.05) is 11.9 Å². The Kier molecular flexibility index (Phi) is 4.17. The van der Waals surface area contributed by atoms with Crippen molar-refractivity contribution in [3.8, 4) is 0 Å². The van der Waals surface area contributed by atoms with Crippen LogP contribution >= 0.6 is 15.9 Å². The van der Waals surface area contributed by atoms with E-state index >= 15 is 0 Å². The first-order valence-electron chi connectivity index (χ1n) is 5.12. The minimum Gasteiger partial charge on any atom is -0.394 e. The lowest BCUT2D eigenvalue weighted by Crippen LogP contribution is -2.43. The van der Waals surface area contributed by atoms with E-state index in [4.69, 9.17) is 0 Å². The van der Waals surface area contributed by atoms with E-state index in [9.17, 15) is 5.11 Å². The molecule has 2 nitrogen and oxygen atoms in total. The molecule has 0 aliphatic carbocycles. The van der Waals surface area contributed by atoms with Crippen LogP contribution in [0, 0.1) is 5.92 Å². The van der Waals surface area contributed by atoms with Crippen LogP contribution in [0.2, 0.25) is 0 Å². The Morgan fingerprint density at radius 2 is 1.87 bits per heavy atom. The van der Waals surface area contributed by atoms with E-state index in [1.165, 1.54) is 0 Å². The summed E-state index contributed by atoms with van der Waals surface area (Å²) in [4.78, 5) is 0. The van der Waals surface area contributed by atoms with Gasteiger partial charge in [-0.05, 0) is 37.1 Å². The quantitative estimate of drug-likeness (QED) is 0.881. The first-order chi connectivity index (χ1) is 6.98. The molecule has 0 amide bonds. The van der Waals surface area contributed by atoms with Gasteiger partial charge in [-0.15, -0.1) is 0 Å². The average molecular weight is 272 g/mol. The molecule has 0 saturated heterocycles. The molecule has 3 heteroatoms. The highest BCUT2D eigenvalue weighted by molar-refractivity contribution is 9.10. The largest absolute Gasteiger partial charge is 0.394 e. The van der Waals surface area contributed by atoms with Crippen molar-refractivity contribution in [1.82, 2.24) is 0 Å². The zero-order valence-electron chi connectivity index (χ0n) is 9.42. The number of hydrogen-bond donors (Lipinski definition) is 2. The molecule has 0 aliphatic heterocycles. The topological polar surface area (TPSA) is 32.3 Å². The maximum absolute atomic E-state index is 9.40. The third-order valence-corrected chi connectivity index (χ3v) is 3.41. The van der Waals surface area contributed by atoms with Gasteiger partial charge in [0, 0.05) is 10.2 Å². The SMILES string of the molecule is CC(C)C(C)(CO)Nc1ccc(Br)cc1. The number of aliphatic hydroxyl groups excluding tert-OH is 1. The summed E-state index contributed by atoms with van der Waals surface area (Å²) in [5, 5.41) is 12.8. The van der Waals surface area contributed by atoms with E-state index in [1.807, 2.05) is 31.2 Å². The van der Waals surface area contributed by atoms with Crippen LogP contribution in [0.1, 0.15) is 20.8 Å². The molecule has 0 heterocycles. The van der Waals surface area contributed by atoms with E-state index in [2.05, 4.69) is 35.1 Å². The number of anilines is 1. The maximum Gasteiger partial charge on any atom is 0.0661 e. The molecule has 1 aromatic rings. The highest BCUT2D eigenvalue weighted by atomic mass is 79.9. The molecular formula is C12H18BrNO. The number of nitrogens with one attached hydrogen (secondary N) is 1. The van der Waals surface area contributed by atoms with Crippen molar-refractivity contribution < 1.29 is 5.11 Å². The van der Waals surface area contributed by atoms with Crippen LogP contribution < -0.4 is 5.32 Å². The van der Waals surface area contributed by atoms with Gasteiger partial charge >= 0.3 is 0 Å². The zero-order valence-corrected chi connectivity index (χ0v) is 11.0. The summed E-state index contributed by atoms with van der Waals surface area (Å²) in [5.74, 6) is 0.367. The number of hydrogen-bond acceptors (Lipinski definition) is 2. The van der Waals surface area contributed by atoms with Gasteiger partial charge in [0.15, 0.2) is 0 Å². The first-order valence-corrected chi connectivity index (χ1v) is 5.92. The molecule has 84 valence electrons. The molecule has 0 fully saturated rings. The van der Waals surface area contributed by atoms with Crippen molar-refractivity contribution in [3.63, 3.8) is 0 Å². The van der Waals surface area contributed by atoms with E-state index < -0.39 is 0 Å². The molecule has 15 heavy (non-hydrogen) atoms. The summed E-state index contributed by atoms with van der Waals surface area (Å²) >= 11 is 3.39. The molecule has 1 atom stereocenters. The Bertz CT molecular complexity index is 310. The van der Waals surface area contributed by atoms with Gasteiger partial charge in [-0.2, -0.15) is 0 Å². The number of aliphatic hydroxyl groups is 1. The molecule has 0 spiro atoms. The fourth-order valence-electron chi connectivity index (χ4n) is 1.23. The van der Waals surface area contributed by atoms with Crippen molar-refractivity contribution >= 4 is 21.6 Å². The summed E-state index contributed by atoms with van der Waals surface area (Å²) in [7, 11) is 0. The van der Waals surface area contributed by atoms with Crippen LogP contribution in [0.3, 0.4) is 0 Å². The Balaban J connectivity index is 2.79. The first kappa shape index (κ1) is 12.5. The lowest BCUT2D eigenvalue weighted by molar-refractivity contribution is 0.186. The summed E-state index contributed by atoms with van der Waals surface area (Å²) in [6, 6.07) is 7.97. The normalized spacial score (nSPS) is 15.1. The third-order valence-electron chi connectivity index (χ3n) is 2.88. The van der Waals surface area contributed by atoms with Gasteiger partial charge in [-0.3, -0.25) is 0 Å². The van der Waals surface area contributed by atoms with Crippen LogP contribution in [0.15, 0.2) is 28.7 Å². The van der Waals surface area contributed by atoms with Crippen molar-refractivity contribution in [3.05, 3.63) is 28.7 Å². The average Bonchev–Trinajstić information content (AvgIpc) is 2.21. The van der Waals surface area contributed by atoms with E-state index in [-0.39, 0.29) is 12.1 Å². The molecule has 0 aromatic heterocycles. The molecule has 0 radical (unpaired) electrons. The lowest BCUT2D eigenvalue weighted by Gasteiger charge is -2.34.